The Balaban J connectivity index is 2.15. The summed E-state index contributed by atoms with van der Waals surface area (Å²) in [6.45, 7) is 8.11. The average Bonchev–Trinajstić information content (AvgIpc) is 2.57. The third-order valence-electron chi connectivity index (χ3n) is 3.71. The van der Waals surface area contributed by atoms with E-state index in [9.17, 15) is 0 Å². The van der Waals surface area contributed by atoms with Crippen LogP contribution in [0.1, 0.15) is 30.0 Å². The molecule has 0 aliphatic carbocycles. The summed E-state index contributed by atoms with van der Waals surface area (Å²) in [4.78, 5) is 4.75. The molecule has 3 nitrogen and oxygen atoms in total. The van der Waals surface area contributed by atoms with Gasteiger partial charge >= 0.3 is 0 Å². The maximum Gasteiger partial charge on any atom is 0.218 e. The first-order chi connectivity index (χ1) is 9.17. The fraction of sp³-hybridized carbons (Fsp3) is 0.438. The molecule has 0 fully saturated rings. The molecule has 0 spiro atoms. The van der Waals surface area contributed by atoms with E-state index in [1.807, 2.05) is 0 Å². The lowest BCUT2D eigenvalue weighted by atomic mass is 10.1. The molecule has 1 aliphatic heterocycles. The van der Waals surface area contributed by atoms with Crippen LogP contribution >= 0.6 is 0 Å². The maximum absolute atomic E-state index is 6.03. The van der Waals surface area contributed by atoms with Crippen LogP contribution in [0.4, 0.5) is 0 Å². The highest BCUT2D eigenvalue weighted by molar-refractivity contribution is 5.84. The van der Waals surface area contributed by atoms with Crippen LogP contribution in [0.5, 0.6) is 5.88 Å². The summed E-state index contributed by atoms with van der Waals surface area (Å²) in [6, 6.07) is 6.58. The molecular formula is C16H20N2O. The van der Waals surface area contributed by atoms with Crippen LogP contribution in [0.2, 0.25) is 0 Å². The Morgan fingerprint density at radius 1 is 1.32 bits per heavy atom. The lowest BCUT2D eigenvalue weighted by Gasteiger charge is -2.15. The van der Waals surface area contributed by atoms with Crippen molar-refractivity contribution < 1.29 is 4.74 Å². The van der Waals surface area contributed by atoms with E-state index in [4.69, 9.17) is 9.72 Å². The molecule has 1 atom stereocenters. The largest absolute Gasteiger partial charge is 0.473 e. The molecular weight excluding hydrogens is 236 g/mol. The van der Waals surface area contributed by atoms with Crippen molar-refractivity contribution in [2.75, 3.05) is 6.54 Å². The van der Waals surface area contributed by atoms with Gasteiger partial charge in [-0.15, -0.1) is 0 Å². The van der Waals surface area contributed by atoms with Gasteiger partial charge < -0.3 is 10.1 Å². The van der Waals surface area contributed by atoms with Crippen LogP contribution in [0, 0.1) is 13.8 Å². The highest BCUT2D eigenvalue weighted by Crippen LogP contribution is 2.27. The van der Waals surface area contributed by atoms with Gasteiger partial charge in [0.2, 0.25) is 5.88 Å². The van der Waals surface area contributed by atoms with E-state index in [-0.39, 0.29) is 6.10 Å². The zero-order valence-corrected chi connectivity index (χ0v) is 11.8. The normalized spacial score (nSPS) is 18.8. The van der Waals surface area contributed by atoms with Gasteiger partial charge in [0.15, 0.2) is 0 Å². The van der Waals surface area contributed by atoms with Crippen molar-refractivity contribution in [1.82, 2.24) is 10.3 Å². The summed E-state index contributed by atoms with van der Waals surface area (Å²) in [7, 11) is 0. The summed E-state index contributed by atoms with van der Waals surface area (Å²) in [5.74, 6) is 0.802. The minimum absolute atomic E-state index is 0.219. The second-order valence-electron chi connectivity index (χ2n) is 5.39. The van der Waals surface area contributed by atoms with Gasteiger partial charge in [-0.2, -0.15) is 0 Å². The molecule has 1 aromatic heterocycles. The van der Waals surface area contributed by atoms with Gasteiger partial charge in [0.25, 0.3) is 0 Å². The number of aryl methyl sites for hydroxylation is 2. The van der Waals surface area contributed by atoms with Crippen molar-refractivity contribution in [3.8, 4) is 5.88 Å². The van der Waals surface area contributed by atoms with E-state index in [1.165, 1.54) is 16.5 Å². The molecule has 1 aliphatic rings. The first-order valence-corrected chi connectivity index (χ1v) is 6.95. The number of benzene rings is 1. The van der Waals surface area contributed by atoms with Crippen LogP contribution < -0.4 is 10.1 Å². The molecule has 0 bridgehead atoms. The lowest BCUT2D eigenvalue weighted by Crippen LogP contribution is -2.27. The predicted octanol–water partition coefficient (Wildman–Crippen LogP) is 3.11. The van der Waals surface area contributed by atoms with E-state index in [0.717, 1.165) is 36.5 Å². The number of rotatable bonds is 1. The molecule has 1 N–H and O–H groups in total. The van der Waals surface area contributed by atoms with Crippen molar-refractivity contribution in [2.24, 2.45) is 0 Å². The Morgan fingerprint density at radius 2 is 2.16 bits per heavy atom. The third kappa shape index (κ3) is 2.30. The van der Waals surface area contributed by atoms with E-state index in [1.54, 1.807) is 0 Å². The Hall–Kier alpha value is -1.61. The molecule has 2 heterocycles. The minimum atomic E-state index is 0.219. The molecule has 1 aromatic carbocycles. The van der Waals surface area contributed by atoms with Gasteiger partial charge in [0, 0.05) is 24.0 Å². The number of ether oxygens (including phenoxy) is 1. The Kier molecular flexibility index (Phi) is 3.15. The monoisotopic (exact) mass is 256 g/mol. The van der Waals surface area contributed by atoms with Gasteiger partial charge in [0.05, 0.1) is 5.52 Å². The summed E-state index contributed by atoms with van der Waals surface area (Å²) in [6.07, 6.45) is 1.22. The molecule has 19 heavy (non-hydrogen) atoms. The van der Waals surface area contributed by atoms with Gasteiger partial charge in [-0.1, -0.05) is 18.6 Å². The molecule has 0 amide bonds. The van der Waals surface area contributed by atoms with Crippen LogP contribution in [-0.4, -0.2) is 17.6 Å². The molecule has 2 aromatic rings. The quantitative estimate of drug-likeness (QED) is 0.851. The molecule has 0 saturated carbocycles. The highest BCUT2D eigenvalue weighted by Gasteiger charge is 2.18. The zero-order chi connectivity index (χ0) is 13.4. The summed E-state index contributed by atoms with van der Waals surface area (Å²) < 4.78 is 6.03. The van der Waals surface area contributed by atoms with Gasteiger partial charge in [-0.25, -0.2) is 4.98 Å². The SMILES string of the molecule is CCC1CNCc2cc3cc(C)cc(C)c3nc2O1. The number of fused-ring (bicyclic) bond motifs is 2. The number of aromatic nitrogens is 1. The van der Waals surface area contributed by atoms with E-state index in [0.29, 0.717) is 0 Å². The van der Waals surface area contributed by atoms with Crippen LogP contribution in [0.25, 0.3) is 10.9 Å². The highest BCUT2D eigenvalue weighted by atomic mass is 16.5. The summed E-state index contributed by atoms with van der Waals surface area (Å²) in [5.41, 5.74) is 4.71. The standard InChI is InChI=1S/C16H20N2O/c1-4-14-9-17-8-13-7-12-6-10(2)5-11(3)15(12)18-16(13)19-14/h5-7,14,17H,4,8-9H2,1-3H3. The van der Waals surface area contributed by atoms with Crippen molar-refractivity contribution in [1.29, 1.82) is 0 Å². The van der Waals surface area contributed by atoms with E-state index >= 15 is 0 Å². The smallest absolute Gasteiger partial charge is 0.218 e. The number of hydrogen-bond acceptors (Lipinski definition) is 3. The fourth-order valence-corrected chi connectivity index (χ4v) is 2.70. The summed E-state index contributed by atoms with van der Waals surface area (Å²) in [5, 5.41) is 4.64. The Morgan fingerprint density at radius 3 is 2.95 bits per heavy atom. The fourth-order valence-electron chi connectivity index (χ4n) is 2.70. The van der Waals surface area contributed by atoms with Crippen molar-refractivity contribution in [3.63, 3.8) is 0 Å². The van der Waals surface area contributed by atoms with Crippen LogP contribution in [0.3, 0.4) is 0 Å². The van der Waals surface area contributed by atoms with E-state index < -0.39 is 0 Å². The molecule has 3 heteroatoms. The molecule has 0 saturated heterocycles. The number of nitrogens with one attached hydrogen (secondary N) is 1. The molecule has 0 radical (unpaired) electrons. The Bertz CT molecular complexity index is 622. The van der Waals surface area contributed by atoms with Gasteiger partial charge in [-0.05, 0) is 38.0 Å². The number of hydrogen-bond donors (Lipinski definition) is 1. The zero-order valence-electron chi connectivity index (χ0n) is 11.8. The van der Waals surface area contributed by atoms with Crippen molar-refractivity contribution >= 4 is 10.9 Å². The molecule has 3 rings (SSSR count). The molecule has 1 unspecified atom stereocenters. The first-order valence-electron chi connectivity index (χ1n) is 6.95. The van der Waals surface area contributed by atoms with Crippen LogP contribution in [-0.2, 0) is 6.54 Å². The average molecular weight is 256 g/mol. The molecule has 100 valence electrons. The van der Waals surface area contributed by atoms with E-state index in [2.05, 4.69) is 44.3 Å². The Labute approximate surface area is 114 Å². The summed E-state index contributed by atoms with van der Waals surface area (Å²) >= 11 is 0. The van der Waals surface area contributed by atoms with Crippen LogP contribution in [0.15, 0.2) is 18.2 Å². The van der Waals surface area contributed by atoms with Crippen molar-refractivity contribution in [2.45, 2.75) is 39.8 Å². The second kappa shape index (κ2) is 4.82. The van der Waals surface area contributed by atoms with Gasteiger partial charge in [0.1, 0.15) is 6.10 Å². The van der Waals surface area contributed by atoms with Gasteiger partial charge in [-0.3, -0.25) is 0 Å². The number of pyridine rings is 1. The first kappa shape index (κ1) is 12.4. The maximum atomic E-state index is 6.03. The predicted molar refractivity (Wildman–Crippen MR) is 77.6 cm³/mol. The third-order valence-corrected chi connectivity index (χ3v) is 3.71. The lowest BCUT2D eigenvalue weighted by molar-refractivity contribution is 0.195. The van der Waals surface area contributed by atoms with Crippen molar-refractivity contribution in [3.05, 3.63) is 34.9 Å². The number of nitrogens with zero attached hydrogens (tertiary/aromatic N) is 1. The topological polar surface area (TPSA) is 34.2 Å². The minimum Gasteiger partial charge on any atom is -0.473 e. The second-order valence-corrected chi connectivity index (χ2v) is 5.39.